The summed E-state index contributed by atoms with van der Waals surface area (Å²) in [6.45, 7) is 2.54. The monoisotopic (exact) mass is 382 g/mol. The molecule has 0 saturated carbocycles. The van der Waals surface area contributed by atoms with Crippen molar-refractivity contribution in [1.82, 2.24) is 10.2 Å². The average molecular weight is 382 g/mol. The normalized spacial score (nSPS) is 16.0. The maximum atomic E-state index is 12.8. The van der Waals surface area contributed by atoms with E-state index in [9.17, 15) is 9.59 Å². The molecule has 1 heterocycles. The molecule has 2 aromatic carbocycles. The van der Waals surface area contributed by atoms with Crippen LogP contribution in [0.1, 0.15) is 40.4 Å². The molecule has 0 aliphatic carbocycles. The summed E-state index contributed by atoms with van der Waals surface area (Å²) >= 11 is 0. The first-order valence-corrected chi connectivity index (χ1v) is 9.40. The third-order valence-corrected chi connectivity index (χ3v) is 5.16. The van der Waals surface area contributed by atoms with E-state index in [1.807, 2.05) is 48.2 Å². The van der Waals surface area contributed by atoms with Crippen molar-refractivity contribution in [2.24, 2.45) is 0 Å². The molecule has 0 spiro atoms. The Morgan fingerprint density at radius 2 is 1.86 bits per heavy atom. The molecule has 0 bridgehead atoms. The molecule has 1 saturated heterocycles. The van der Waals surface area contributed by atoms with Gasteiger partial charge >= 0.3 is 0 Å². The van der Waals surface area contributed by atoms with E-state index >= 15 is 0 Å². The van der Waals surface area contributed by atoms with E-state index in [0.29, 0.717) is 23.6 Å². The molecule has 0 aromatic heterocycles. The van der Waals surface area contributed by atoms with Crippen molar-refractivity contribution >= 4 is 11.8 Å². The second kappa shape index (κ2) is 8.78. The summed E-state index contributed by atoms with van der Waals surface area (Å²) in [7, 11) is 3.19. The number of aryl methyl sites for hydroxylation is 1. The first-order chi connectivity index (χ1) is 13.5. The lowest BCUT2D eigenvalue weighted by molar-refractivity contribution is -0.131. The highest BCUT2D eigenvalue weighted by Crippen LogP contribution is 2.36. The number of benzene rings is 2. The Hall–Kier alpha value is -3.02. The van der Waals surface area contributed by atoms with Gasteiger partial charge in [-0.15, -0.1) is 0 Å². The standard InChI is InChI=1S/C22H26N2O4/c1-15-7-4-5-8-17(15)22(26)23-14-21(25)24-12-6-9-18(24)16-10-11-19(27-2)20(13-16)28-3/h4-5,7-8,10-11,13,18H,6,9,12,14H2,1-3H3,(H,23,26). The van der Waals surface area contributed by atoms with Crippen molar-refractivity contribution in [3.8, 4) is 11.5 Å². The van der Waals surface area contributed by atoms with E-state index < -0.39 is 0 Å². The molecule has 3 rings (SSSR count). The Bertz CT molecular complexity index is 865. The molecule has 1 unspecified atom stereocenters. The van der Waals surface area contributed by atoms with Crippen molar-refractivity contribution in [2.45, 2.75) is 25.8 Å². The highest BCUT2D eigenvalue weighted by molar-refractivity contribution is 5.97. The minimum atomic E-state index is -0.228. The van der Waals surface area contributed by atoms with Gasteiger partial charge in [0.2, 0.25) is 5.91 Å². The predicted molar refractivity (Wildman–Crippen MR) is 107 cm³/mol. The molecule has 28 heavy (non-hydrogen) atoms. The van der Waals surface area contributed by atoms with Gasteiger partial charge in [0.05, 0.1) is 26.8 Å². The van der Waals surface area contributed by atoms with Crippen molar-refractivity contribution < 1.29 is 19.1 Å². The van der Waals surface area contributed by atoms with E-state index in [-0.39, 0.29) is 24.4 Å². The van der Waals surface area contributed by atoms with E-state index in [0.717, 1.165) is 24.0 Å². The zero-order chi connectivity index (χ0) is 20.1. The van der Waals surface area contributed by atoms with Gasteiger partial charge < -0.3 is 19.7 Å². The molecule has 0 radical (unpaired) electrons. The fourth-order valence-corrected chi connectivity index (χ4v) is 3.65. The van der Waals surface area contributed by atoms with Crippen LogP contribution in [0.5, 0.6) is 11.5 Å². The lowest BCUT2D eigenvalue weighted by Crippen LogP contribution is -2.40. The van der Waals surface area contributed by atoms with Crippen molar-refractivity contribution in [3.63, 3.8) is 0 Å². The number of likely N-dealkylation sites (tertiary alicyclic amines) is 1. The highest BCUT2D eigenvalue weighted by atomic mass is 16.5. The van der Waals surface area contributed by atoms with E-state index in [2.05, 4.69) is 5.32 Å². The summed E-state index contributed by atoms with van der Waals surface area (Å²) in [5, 5.41) is 2.75. The van der Waals surface area contributed by atoms with Gasteiger partial charge in [0, 0.05) is 12.1 Å². The number of carbonyl (C=O) groups excluding carboxylic acids is 2. The molecule has 1 N–H and O–H groups in total. The van der Waals surface area contributed by atoms with Gasteiger partial charge in [-0.2, -0.15) is 0 Å². The molecule has 2 aromatic rings. The summed E-state index contributed by atoms with van der Waals surface area (Å²) in [6, 6.07) is 13.1. The van der Waals surface area contributed by atoms with E-state index in [4.69, 9.17) is 9.47 Å². The van der Waals surface area contributed by atoms with Crippen molar-refractivity contribution in [2.75, 3.05) is 27.3 Å². The fourth-order valence-electron chi connectivity index (χ4n) is 3.65. The van der Waals surface area contributed by atoms with Gasteiger partial charge in [0.15, 0.2) is 11.5 Å². The summed E-state index contributed by atoms with van der Waals surface area (Å²) in [5.74, 6) is 0.993. The van der Waals surface area contributed by atoms with Crippen LogP contribution in [0.4, 0.5) is 0 Å². The van der Waals surface area contributed by atoms with Crippen LogP contribution in [0.3, 0.4) is 0 Å². The maximum Gasteiger partial charge on any atom is 0.251 e. The van der Waals surface area contributed by atoms with Gasteiger partial charge in [-0.3, -0.25) is 9.59 Å². The van der Waals surface area contributed by atoms with Gasteiger partial charge in [0.25, 0.3) is 5.91 Å². The zero-order valence-electron chi connectivity index (χ0n) is 16.5. The van der Waals surface area contributed by atoms with Crippen molar-refractivity contribution in [1.29, 1.82) is 0 Å². The maximum absolute atomic E-state index is 12.8. The number of nitrogens with zero attached hydrogens (tertiary/aromatic N) is 1. The molecule has 6 heteroatoms. The molecular formula is C22H26N2O4. The summed E-state index contributed by atoms with van der Waals surface area (Å²) in [6.07, 6.45) is 1.81. The fraction of sp³-hybridized carbons (Fsp3) is 0.364. The quantitative estimate of drug-likeness (QED) is 0.834. The Labute approximate surface area is 165 Å². The van der Waals surface area contributed by atoms with Crippen LogP contribution in [-0.2, 0) is 4.79 Å². The lowest BCUT2D eigenvalue weighted by atomic mass is 10.0. The van der Waals surface area contributed by atoms with Crippen LogP contribution in [0.2, 0.25) is 0 Å². The van der Waals surface area contributed by atoms with Crippen LogP contribution in [0.25, 0.3) is 0 Å². The third-order valence-electron chi connectivity index (χ3n) is 5.16. The topological polar surface area (TPSA) is 67.9 Å². The van der Waals surface area contributed by atoms with E-state index in [1.165, 1.54) is 0 Å². The van der Waals surface area contributed by atoms with Crippen LogP contribution in [0, 0.1) is 6.92 Å². The van der Waals surface area contributed by atoms with Gasteiger partial charge in [-0.25, -0.2) is 0 Å². The van der Waals surface area contributed by atoms with E-state index in [1.54, 1.807) is 20.3 Å². The molecule has 6 nitrogen and oxygen atoms in total. The van der Waals surface area contributed by atoms with Crippen molar-refractivity contribution in [3.05, 3.63) is 59.2 Å². The molecule has 1 aliphatic heterocycles. The van der Waals surface area contributed by atoms with Crippen LogP contribution in [-0.4, -0.2) is 44.0 Å². The Balaban J connectivity index is 1.68. The number of methoxy groups -OCH3 is 2. The average Bonchev–Trinajstić information content (AvgIpc) is 3.21. The number of carbonyl (C=O) groups is 2. The minimum absolute atomic E-state index is 0.0169. The number of rotatable bonds is 6. The summed E-state index contributed by atoms with van der Waals surface area (Å²) in [5.41, 5.74) is 2.48. The SMILES string of the molecule is COc1ccc(C2CCCN2C(=O)CNC(=O)c2ccccc2C)cc1OC. The smallest absolute Gasteiger partial charge is 0.251 e. The molecular weight excluding hydrogens is 356 g/mol. The second-order valence-electron chi connectivity index (χ2n) is 6.86. The van der Waals surface area contributed by atoms with Gasteiger partial charge in [-0.05, 0) is 49.1 Å². The minimum Gasteiger partial charge on any atom is -0.493 e. The number of amides is 2. The number of hydrogen-bond acceptors (Lipinski definition) is 4. The Morgan fingerprint density at radius 1 is 1.11 bits per heavy atom. The molecule has 1 aliphatic rings. The van der Waals surface area contributed by atoms with Crippen LogP contribution in [0.15, 0.2) is 42.5 Å². The predicted octanol–water partition coefficient (Wildman–Crippen LogP) is 3.11. The number of ether oxygens (including phenoxy) is 2. The lowest BCUT2D eigenvalue weighted by Gasteiger charge is -2.26. The number of hydrogen-bond donors (Lipinski definition) is 1. The van der Waals surface area contributed by atoms with Gasteiger partial charge in [-0.1, -0.05) is 24.3 Å². The molecule has 1 atom stereocenters. The van der Waals surface area contributed by atoms with Crippen LogP contribution >= 0.6 is 0 Å². The molecule has 1 fully saturated rings. The largest absolute Gasteiger partial charge is 0.493 e. The zero-order valence-corrected chi connectivity index (χ0v) is 16.5. The highest BCUT2D eigenvalue weighted by Gasteiger charge is 2.30. The number of nitrogens with one attached hydrogen (secondary N) is 1. The molecule has 2 amide bonds. The first-order valence-electron chi connectivity index (χ1n) is 9.40. The summed E-state index contributed by atoms with van der Waals surface area (Å²) < 4.78 is 10.7. The van der Waals surface area contributed by atoms with Gasteiger partial charge in [0.1, 0.15) is 0 Å². The van der Waals surface area contributed by atoms with Crippen LogP contribution < -0.4 is 14.8 Å². The Morgan fingerprint density at radius 3 is 2.57 bits per heavy atom. The Kier molecular flexibility index (Phi) is 6.19. The third kappa shape index (κ3) is 4.11. The second-order valence-corrected chi connectivity index (χ2v) is 6.86. The molecule has 148 valence electrons. The first kappa shape index (κ1) is 19.7. The summed E-state index contributed by atoms with van der Waals surface area (Å²) in [4.78, 5) is 27.0.